The largest absolute Gasteiger partial charge is 0.396 e. The van der Waals surface area contributed by atoms with E-state index in [9.17, 15) is 0 Å². The SMILES string of the molecule is Cc1nc(NCCCO)c2c(-c3ccc(Cl)cc3)csc2n1. The minimum atomic E-state index is 0.161. The van der Waals surface area contributed by atoms with Crippen LogP contribution in [-0.4, -0.2) is 28.2 Å². The van der Waals surface area contributed by atoms with E-state index in [1.807, 2.05) is 31.2 Å². The van der Waals surface area contributed by atoms with Gasteiger partial charge in [0.1, 0.15) is 16.5 Å². The van der Waals surface area contributed by atoms with Gasteiger partial charge in [0.25, 0.3) is 0 Å². The molecule has 0 spiro atoms. The molecule has 114 valence electrons. The summed E-state index contributed by atoms with van der Waals surface area (Å²) in [6.07, 6.45) is 0.685. The number of aliphatic hydroxyl groups is 1. The van der Waals surface area contributed by atoms with Crippen molar-refractivity contribution in [2.24, 2.45) is 0 Å². The van der Waals surface area contributed by atoms with Gasteiger partial charge in [0.05, 0.1) is 5.39 Å². The Morgan fingerprint density at radius 3 is 2.73 bits per heavy atom. The van der Waals surface area contributed by atoms with Crippen molar-refractivity contribution in [2.45, 2.75) is 13.3 Å². The standard InChI is InChI=1S/C16H16ClN3OS/c1-10-19-15(18-7-2-8-21)14-13(9-22-16(14)20-10)11-3-5-12(17)6-4-11/h3-6,9,21H,2,7-8H2,1H3,(H,18,19,20). The van der Waals surface area contributed by atoms with Crippen LogP contribution in [0.2, 0.25) is 5.02 Å². The Balaban J connectivity index is 2.09. The highest BCUT2D eigenvalue weighted by Crippen LogP contribution is 2.37. The molecule has 0 unspecified atom stereocenters. The molecule has 2 N–H and O–H groups in total. The summed E-state index contributed by atoms with van der Waals surface area (Å²) in [6.45, 7) is 2.73. The number of aliphatic hydroxyl groups excluding tert-OH is 1. The molecule has 0 saturated carbocycles. The number of hydrogen-bond acceptors (Lipinski definition) is 5. The minimum Gasteiger partial charge on any atom is -0.396 e. The number of halogens is 1. The van der Waals surface area contributed by atoms with Gasteiger partial charge in [0.15, 0.2) is 0 Å². The van der Waals surface area contributed by atoms with Gasteiger partial charge >= 0.3 is 0 Å². The van der Waals surface area contributed by atoms with Crippen molar-refractivity contribution < 1.29 is 5.11 Å². The molecular weight excluding hydrogens is 318 g/mol. The lowest BCUT2D eigenvalue weighted by Gasteiger charge is -2.09. The number of aromatic nitrogens is 2. The number of thiophene rings is 1. The lowest BCUT2D eigenvalue weighted by molar-refractivity contribution is 0.292. The predicted octanol–water partition coefficient (Wildman–Crippen LogP) is 4.11. The molecule has 4 nitrogen and oxygen atoms in total. The number of nitrogens with zero attached hydrogens (tertiary/aromatic N) is 2. The van der Waals surface area contributed by atoms with Gasteiger partial charge in [-0.15, -0.1) is 11.3 Å². The summed E-state index contributed by atoms with van der Waals surface area (Å²) in [6, 6.07) is 7.77. The van der Waals surface area contributed by atoms with Crippen molar-refractivity contribution >= 4 is 39.0 Å². The Kier molecular flexibility index (Phi) is 4.57. The predicted molar refractivity (Wildman–Crippen MR) is 92.8 cm³/mol. The number of anilines is 1. The molecule has 0 saturated heterocycles. The molecule has 0 aliphatic rings. The van der Waals surface area contributed by atoms with Crippen molar-refractivity contribution in [3.05, 3.63) is 40.5 Å². The van der Waals surface area contributed by atoms with Crippen LogP contribution in [-0.2, 0) is 0 Å². The summed E-state index contributed by atoms with van der Waals surface area (Å²) in [5.74, 6) is 1.56. The molecule has 0 aliphatic carbocycles. The van der Waals surface area contributed by atoms with Gasteiger partial charge in [0, 0.05) is 29.1 Å². The number of rotatable bonds is 5. The summed E-state index contributed by atoms with van der Waals surface area (Å²) < 4.78 is 0. The maximum Gasteiger partial charge on any atom is 0.139 e. The molecule has 2 aromatic heterocycles. The van der Waals surface area contributed by atoms with Crippen LogP contribution in [0.4, 0.5) is 5.82 Å². The second-order valence-electron chi connectivity index (χ2n) is 4.96. The Morgan fingerprint density at radius 1 is 1.23 bits per heavy atom. The number of aryl methyl sites for hydroxylation is 1. The Hall–Kier alpha value is -1.69. The fourth-order valence-corrected chi connectivity index (χ4v) is 3.42. The van der Waals surface area contributed by atoms with Crippen LogP contribution >= 0.6 is 22.9 Å². The molecule has 3 rings (SSSR count). The van der Waals surface area contributed by atoms with Gasteiger partial charge in [-0.3, -0.25) is 0 Å². The van der Waals surface area contributed by atoms with Gasteiger partial charge in [-0.05, 0) is 31.0 Å². The molecule has 0 fully saturated rings. The van der Waals surface area contributed by atoms with E-state index in [1.54, 1.807) is 11.3 Å². The molecule has 3 aromatic rings. The van der Waals surface area contributed by atoms with E-state index in [2.05, 4.69) is 20.7 Å². The zero-order chi connectivity index (χ0) is 15.5. The summed E-state index contributed by atoms with van der Waals surface area (Å²) in [7, 11) is 0. The quantitative estimate of drug-likeness (QED) is 0.690. The monoisotopic (exact) mass is 333 g/mol. The number of fused-ring (bicyclic) bond motifs is 1. The van der Waals surface area contributed by atoms with E-state index in [1.165, 1.54) is 0 Å². The summed E-state index contributed by atoms with van der Waals surface area (Å²) >= 11 is 7.58. The summed E-state index contributed by atoms with van der Waals surface area (Å²) in [4.78, 5) is 10.0. The van der Waals surface area contributed by atoms with Gasteiger partial charge in [-0.2, -0.15) is 0 Å². The highest BCUT2D eigenvalue weighted by molar-refractivity contribution is 7.17. The van der Waals surface area contributed by atoms with Crippen LogP contribution in [0.3, 0.4) is 0 Å². The fraction of sp³-hybridized carbons (Fsp3) is 0.250. The lowest BCUT2D eigenvalue weighted by atomic mass is 10.1. The van der Waals surface area contributed by atoms with Crippen LogP contribution in [0.1, 0.15) is 12.2 Å². The molecule has 0 radical (unpaired) electrons. The van der Waals surface area contributed by atoms with E-state index >= 15 is 0 Å². The summed E-state index contributed by atoms with van der Waals surface area (Å²) in [5, 5.41) is 16.1. The second-order valence-corrected chi connectivity index (χ2v) is 6.25. The number of nitrogens with one attached hydrogen (secondary N) is 1. The van der Waals surface area contributed by atoms with Crippen molar-refractivity contribution in [3.63, 3.8) is 0 Å². The van der Waals surface area contributed by atoms with Crippen molar-refractivity contribution in [1.82, 2.24) is 9.97 Å². The van der Waals surface area contributed by atoms with Crippen LogP contribution in [0.5, 0.6) is 0 Å². The van der Waals surface area contributed by atoms with Crippen molar-refractivity contribution in [1.29, 1.82) is 0 Å². The lowest BCUT2D eigenvalue weighted by Crippen LogP contribution is -2.06. The highest BCUT2D eigenvalue weighted by atomic mass is 35.5. The van der Waals surface area contributed by atoms with Crippen molar-refractivity contribution in [2.75, 3.05) is 18.5 Å². The average Bonchev–Trinajstić information content (AvgIpc) is 2.92. The first kappa shape index (κ1) is 15.2. The van der Waals surface area contributed by atoms with Crippen LogP contribution in [0.25, 0.3) is 21.3 Å². The van der Waals surface area contributed by atoms with Crippen LogP contribution < -0.4 is 5.32 Å². The number of benzene rings is 1. The highest BCUT2D eigenvalue weighted by Gasteiger charge is 2.14. The van der Waals surface area contributed by atoms with E-state index in [-0.39, 0.29) is 6.61 Å². The maximum absolute atomic E-state index is 8.95. The third-order valence-corrected chi connectivity index (χ3v) is 4.45. The van der Waals surface area contributed by atoms with Gasteiger partial charge in [0.2, 0.25) is 0 Å². The smallest absolute Gasteiger partial charge is 0.139 e. The molecule has 1 aromatic carbocycles. The molecule has 0 atom stereocenters. The first-order valence-corrected chi connectivity index (χ1v) is 8.31. The summed E-state index contributed by atoms with van der Waals surface area (Å²) in [5.41, 5.74) is 2.19. The Bertz CT molecular complexity index is 786. The maximum atomic E-state index is 8.95. The Morgan fingerprint density at radius 2 is 2.00 bits per heavy atom. The first-order valence-electron chi connectivity index (χ1n) is 7.05. The molecule has 0 aliphatic heterocycles. The first-order chi connectivity index (χ1) is 10.7. The molecule has 0 amide bonds. The van der Waals surface area contributed by atoms with E-state index in [4.69, 9.17) is 16.7 Å². The third kappa shape index (κ3) is 3.06. The molecular formula is C16H16ClN3OS. The molecule has 22 heavy (non-hydrogen) atoms. The van der Waals surface area contributed by atoms with E-state index in [0.29, 0.717) is 13.0 Å². The van der Waals surface area contributed by atoms with Crippen molar-refractivity contribution in [3.8, 4) is 11.1 Å². The van der Waals surface area contributed by atoms with Gasteiger partial charge < -0.3 is 10.4 Å². The minimum absolute atomic E-state index is 0.161. The van der Waals surface area contributed by atoms with Gasteiger partial charge in [-0.1, -0.05) is 23.7 Å². The third-order valence-electron chi connectivity index (χ3n) is 3.33. The molecule has 6 heteroatoms. The topological polar surface area (TPSA) is 58.0 Å². The second kappa shape index (κ2) is 6.60. The molecule has 2 heterocycles. The average molecular weight is 334 g/mol. The van der Waals surface area contributed by atoms with Crippen LogP contribution in [0.15, 0.2) is 29.6 Å². The fourth-order valence-electron chi connectivity index (χ4n) is 2.30. The van der Waals surface area contributed by atoms with Crippen LogP contribution in [0, 0.1) is 6.92 Å². The number of hydrogen-bond donors (Lipinski definition) is 2. The zero-order valence-electron chi connectivity index (χ0n) is 12.1. The Labute approximate surface area is 137 Å². The van der Waals surface area contributed by atoms with Gasteiger partial charge in [-0.25, -0.2) is 9.97 Å². The van der Waals surface area contributed by atoms with E-state index < -0.39 is 0 Å². The zero-order valence-corrected chi connectivity index (χ0v) is 13.7. The van der Waals surface area contributed by atoms with E-state index in [0.717, 1.165) is 38.0 Å². The normalized spacial score (nSPS) is 11.0. The molecule has 0 bridgehead atoms.